The quantitative estimate of drug-likeness (QED) is 0.786. The SMILES string of the molecule is CN(CCCCO)C1CCN(C(=O)OC(C)(C)C)CC1. The molecule has 0 atom stereocenters. The van der Waals surface area contributed by atoms with Gasteiger partial charge in [0.2, 0.25) is 0 Å². The van der Waals surface area contributed by atoms with Gasteiger partial charge in [0, 0.05) is 25.7 Å². The monoisotopic (exact) mass is 286 g/mol. The van der Waals surface area contributed by atoms with Crippen molar-refractivity contribution in [1.29, 1.82) is 0 Å². The van der Waals surface area contributed by atoms with E-state index >= 15 is 0 Å². The number of aliphatic hydroxyl groups excluding tert-OH is 1. The zero-order valence-electron chi connectivity index (χ0n) is 13.4. The Bertz CT molecular complexity index is 294. The Labute approximate surface area is 122 Å². The Morgan fingerprint density at radius 3 is 2.40 bits per heavy atom. The van der Waals surface area contributed by atoms with Gasteiger partial charge in [-0.1, -0.05) is 0 Å². The van der Waals surface area contributed by atoms with E-state index in [0.717, 1.165) is 45.3 Å². The first-order chi connectivity index (χ1) is 9.33. The summed E-state index contributed by atoms with van der Waals surface area (Å²) in [6, 6.07) is 0.535. The predicted molar refractivity (Wildman–Crippen MR) is 79.8 cm³/mol. The number of amides is 1. The number of likely N-dealkylation sites (tertiary alicyclic amines) is 1. The number of rotatable bonds is 5. The maximum atomic E-state index is 12.0. The summed E-state index contributed by atoms with van der Waals surface area (Å²) >= 11 is 0. The van der Waals surface area contributed by atoms with E-state index in [9.17, 15) is 4.79 Å². The molecule has 0 spiro atoms. The Balaban J connectivity index is 2.30. The molecular formula is C15H30N2O3. The maximum absolute atomic E-state index is 12.0. The maximum Gasteiger partial charge on any atom is 0.410 e. The molecule has 1 heterocycles. The van der Waals surface area contributed by atoms with Gasteiger partial charge in [0.25, 0.3) is 0 Å². The van der Waals surface area contributed by atoms with E-state index in [1.54, 1.807) is 0 Å². The normalized spacial score (nSPS) is 17.6. The molecule has 1 rings (SSSR count). The van der Waals surface area contributed by atoms with Gasteiger partial charge in [0.15, 0.2) is 0 Å². The van der Waals surface area contributed by atoms with Crippen molar-refractivity contribution in [1.82, 2.24) is 9.80 Å². The van der Waals surface area contributed by atoms with Crippen molar-refractivity contribution in [2.45, 2.75) is 58.1 Å². The van der Waals surface area contributed by atoms with E-state index in [-0.39, 0.29) is 12.7 Å². The van der Waals surface area contributed by atoms with E-state index in [4.69, 9.17) is 9.84 Å². The van der Waals surface area contributed by atoms with Gasteiger partial charge in [-0.2, -0.15) is 0 Å². The predicted octanol–water partition coefficient (Wildman–Crippen LogP) is 2.09. The number of hydrogen-bond donors (Lipinski definition) is 1. The number of unbranched alkanes of at least 4 members (excludes halogenated alkanes) is 1. The molecule has 118 valence electrons. The van der Waals surface area contributed by atoms with Gasteiger partial charge in [-0.3, -0.25) is 0 Å². The van der Waals surface area contributed by atoms with Crippen LogP contribution in [0.25, 0.3) is 0 Å². The summed E-state index contributed by atoms with van der Waals surface area (Å²) in [5.41, 5.74) is -0.422. The van der Waals surface area contributed by atoms with Gasteiger partial charge >= 0.3 is 6.09 Å². The molecule has 1 amide bonds. The van der Waals surface area contributed by atoms with Crippen molar-refractivity contribution < 1.29 is 14.6 Å². The second-order valence-corrected chi connectivity index (χ2v) is 6.61. The molecule has 1 N–H and O–H groups in total. The molecule has 1 aliphatic heterocycles. The Morgan fingerprint density at radius 1 is 1.30 bits per heavy atom. The molecule has 0 bridgehead atoms. The highest BCUT2D eigenvalue weighted by Gasteiger charge is 2.28. The fourth-order valence-electron chi connectivity index (χ4n) is 2.47. The van der Waals surface area contributed by atoms with Crippen LogP contribution >= 0.6 is 0 Å². The van der Waals surface area contributed by atoms with Gasteiger partial charge in [-0.25, -0.2) is 4.79 Å². The number of aliphatic hydroxyl groups is 1. The van der Waals surface area contributed by atoms with E-state index < -0.39 is 5.60 Å². The molecule has 1 saturated heterocycles. The van der Waals surface area contributed by atoms with E-state index in [2.05, 4.69) is 11.9 Å². The average Bonchev–Trinajstić information content (AvgIpc) is 2.37. The Morgan fingerprint density at radius 2 is 1.90 bits per heavy atom. The second kappa shape index (κ2) is 7.84. The van der Waals surface area contributed by atoms with Crippen LogP contribution in [0.5, 0.6) is 0 Å². The molecule has 1 fully saturated rings. The van der Waals surface area contributed by atoms with Gasteiger partial charge in [0.1, 0.15) is 5.60 Å². The van der Waals surface area contributed by atoms with Crippen LogP contribution in [0.15, 0.2) is 0 Å². The smallest absolute Gasteiger partial charge is 0.410 e. The third-order valence-corrected chi connectivity index (χ3v) is 3.66. The van der Waals surface area contributed by atoms with Gasteiger partial charge in [0.05, 0.1) is 0 Å². The standard InChI is InChI=1S/C15H30N2O3/c1-15(2,3)20-14(19)17-10-7-13(8-11-17)16(4)9-5-6-12-18/h13,18H,5-12H2,1-4H3. The lowest BCUT2D eigenvalue weighted by Crippen LogP contribution is -2.47. The minimum absolute atomic E-state index is 0.195. The van der Waals surface area contributed by atoms with Crippen LogP contribution < -0.4 is 0 Å². The highest BCUT2D eigenvalue weighted by molar-refractivity contribution is 5.68. The largest absolute Gasteiger partial charge is 0.444 e. The van der Waals surface area contributed by atoms with E-state index in [1.165, 1.54) is 0 Å². The van der Waals surface area contributed by atoms with Crippen LogP contribution in [0.2, 0.25) is 0 Å². The molecule has 0 aromatic carbocycles. The van der Waals surface area contributed by atoms with Crippen molar-refractivity contribution in [3.63, 3.8) is 0 Å². The van der Waals surface area contributed by atoms with Crippen LogP contribution in [0.1, 0.15) is 46.5 Å². The van der Waals surface area contributed by atoms with Crippen LogP contribution in [0.3, 0.4) is 0 Å². The number of ether oxygens (including phenoxy) is 1. The van der Waals surface area contributed by atoms with Crippen molar-refractivity contribution >= 4 is 6.09 Å². The van der Waals surface area contributed by atoms with Crippen molar-refractivity contribution in [2.75, 3.05) is 33.3 Å². The molecular weight excluding hydrogens is 256 g/mol. The van der Waals surface area contributed by atoms with E-state index in [1.807, 2.05) is 25.7 Å². The van der Waals surface area contributed by atoms with Crippen molar-refractivity contribution in [3.8, 4) is 0 Å². The summed E-state index contributed by atoms with van der Waals surface area (Å²) in [6.07, 6.45) is 3.68. The summed E-state index contributed by atoms with van der Waals surface area (Å²) in [7, 11) is 2.13. The summed E-state index contributed by atoms with van der Waals surface area (Å²) in [4.78, 5) is 16.1. The molecule has 5 nitrogen and oxygen atoms in total. The minimum atomic E-state index is -0.422. The first-order valence-corrected chi connectivity index (χ1v) is 7.62. The van der Waals surface area contributed by atoms with Gasteiger partial charge in [-0.05, 0) is 60.0 Å². The molecule has 0 aromatic rings. The summed E-state index contributed by atoms with van der Waals surface area (Å²) in [5, 5.41) is 8.80. The topological polar surface area (TPSA) is 53.0 Å². The zero-order chi connectivity index (χ0) is 15.2. The zero-order valence-corrected chi connectivity index (χ0v) is 13.4. The fraction of sp³-hybridized carbons (Fsp3) is 0.933. The van der Waals surface area contributed by atoms with Crippen molar-refractivity contribution in [3.05, 3.63) is 0 Å². The van der Waals surface area contributed by atoms with Crippen LogP contribution in [0.4, 0.5) is 4.79 Å². The summed E-state index contributed by atoms with van der Waals surface area (Å²) < 4.78 is 5.40. The molecule has 0 aromatic heterocycles. The molecule has 0 saturated carbocycles. The van der Waals surface area contributed by atoms with Crippen molar-refractivity contribution in [2.24, 2.45) is 0 Å². The first kappa shape index (κ1) is 17.2. The number of carbonyl (C=O) groups is 1. The number of piperidine rings is 1. The van der Waals surface area contributed by atoms with E-state index in [0.29, 0.717) is 6.04 Å². The number of hydrogen-bond acceptors (Lipinski definition) is 4. The number of nitrogens with zero attached hydrogens (tertiary/aromatic N) is 2. The minimum Gasteiger partial charge on any atom is -0.444 e. The molecule has 20 heavy (non-hydrogen) atoms. The lowest BCUT2D eigenvalue weighted by Gasteiger charge is -2.37. The third-order valence-electron chi connectivity index (χ3n) is 3.66. The molecule has 0 unspecified atom stereocenters. The third kappa shape index (κ3) is 6.09. The molecule has 5 heteroatoms. The van der Waals surface area contributed by atoms with Gasteiger partial charge < -0.3 is 19.6 Å². The first-order valence-electron chi connectivity index (χ1n) is 7.62. The second-order valence-electron chi connectivity index (χ2n) is 6.61. The lowest BCUT2D eigenvalue weighted by atomic mass is 10.0. The van der Waals surface area contributed by atoms with Crippen LogP contribution in [0, 0.1) is 0 Å². The lowest BCUT2D eigenvalue weighted by molar-refractivity contribution is 0.0155. The number of carbonyl (C=O) groups excluding carboxylic acids is 1. The summed E-state index contributed by atoms with van der Waals surface area (Å²) in [5.74, 6) is 0. The molecule has 0 aliphatic carbocycles. The van der Waals surface area contributed by atoms with Gasteiger partial charge in [-0.15, -0.1) is 0 Å². The van der Waals surface area contributed by atoms with Crippen LogP contribution in [-0.4, -0.2) is 65.9 Å². The highest BCUT2D eigenvalue weighted by atomic mass is 16.6. The molecule has 0 radical (unpaired) electrons. The summed E-state index contributed by atoms with van der Waals surface area (Å²) in [6.45, 7) is 8.50. The average molecular weight is 286 g/mol. The molecule has 1 aliphatic rings. The Hall–Kier alpha value is -0.810. The Kier molecular flexibility index (Phi) is 6.76. The highest BCUT2D eigenvalue weighted by Crippen LogP contribution is 2.18. The van der Waals surface area contributed by atoms with Crippen LogP contribution in [-0.2, 0) is 4.74 Å². The fourth-order valence-corrected chi connectivity index (χ4v) is 2.47.